The van der Waals surface area contributed by atoms with Crippen LogP contribution in [-0.4, -0.2) is 19.7 Å². The molecule has 3 aromatic carbocycles. The smallest absolute Gasteiger partial charge is 0.439 e. The number of H-pyrrole nitrogens is 1. The van der Waals surface area contributed by atoms with Crippen molar-refractivity contribution in [3.8, 4) is 22.7 Å². The monoisotopic (exact) mass is 504 g/mol. The van der Waals surface area contributed by atoms with E-state index in [-0.39, 0.29) is 0 Å². The number of nitrogens with one attached hydrogen (secondary N) is 1. The van der Waals surface area contributed by atoms with E-state index in [2.05, 4.69) is 71.2 Å². The van der Waals surface area contributed by atoms with Gasteiger partial charge in [0.25, 0.3) is 0 Å². The Kier molecular flexibility index (Phi) is 6.04. The summed E-state index contributed by atoms with van der Waals surface area (Å²) in [7, 11) is 0. The summed E-state index contributed by atoms with van der Waals surface area (Å²) in [5, 5.41) is 3.97. The number of rotatable bonds is 5. The van der Waals surface area contributed by atoms with Crippen LogP contribution in [0.2, 0.25) is 0 Å². The van der Waals surface area contributed by atoms with Crippen molar-refractivity contribution < 1.29 is 9.26 Å². The largest absolute Gasteiger partial charge is 0.488 e. The van der Waals surface area contributed by atoms with Crippen molar-refractivity contribution in [2.75, 3.05) is 0 Å². The lowest BCUT2D eigenvalue weighted by molar-refractivity contribution is 0.307. The highest BCUT2D eigenvalue weighted by Gasteiger charge is 2.25. The number of aromatic nitrogens is 4. The molecule has 1 aliphatic heterocycles. The molecule has 1 aliphatic rings. The number of ether oxygens (including phenoxy) is 1. The van der Waals surface area contributed by atoms with Gasteiger partial charge in [0, 0.05) is 35.0 Å². The fraction of sp³-hybridized carbons (Fsp3) is 0.194. The van der Waals surface area contributed by atoms with Crippen LogP contribution in [0.5, 0.6) is 5.75 Å². The predicted molar refractivity (Wildman–Crippen MR) is 147 cm³/mol. The Labute approximate surface area is 220 Å². The summed E-state index contributed by atoms with van der Waals surface area (Å²) < 4.78 is 13.4. The van der Waals surface area contributed by atoms with Crippen LogP contribution in [0.25, 0.3) is 28.1 Å². The zero-order chi connectivity index (χ0) is 26.2. The number of aryl methyl sites for hydroxylation is 2. The second-order valence-electron chi connectivity index (χ2n) is 9.55. The van der Waals surface area contributed by atoms with Crippen LogP contribution in [0.3, 0.4) is 0 Å². The van der Waals surface area contributed by atoms with Gasteiger partial charge in [0.05, 0.1) is 5.69 Å². The SMILES string of the molecule is CCCc1nc(-c2ccccc2)cn1-c1ccc2c(c1)COc1cccc(C)c1/C2=C(\C)c1noc(=O)[nH]1. The molecule has 0 atom stereocenters. The lowest BCUT2D eigenvalue weighted by Gasteiger charge is -2.16. The highest BCUT2D eigenvalue weighted by Crippen LogP contribution is 2.42. The lowest BCUT2D eigenvalue weighted by atomic mass is 9.88. The van der Waals surface area contributed by atoms with E-state index in [0.717, 1.165) is 74.8 Å². The molecule has 7 nitrogen and oxygen atoms in total. The summed E-state index contributed by atoms with van der Waals surface area (Å²) in [6.45, 7) is 6.59. The van der Waals surface area contributed by atoms with E-state index >= 15 is 0 Å². The van der Waals surface area contributed by atoms with Crippen molar-refractivity contribution in [3.63, 3.8) is 0 Å². The number of benzene rings is 3. The van der Waals surface area contributed by atoms with E-state index in [9.17, 15) is 4.79 Å². The molecule has 38 heavy (non-hydrogen) atoms. The Morgan fingerprint density at radius 1 is 1.08 bits per heavy atom. The van der Waals surface area contributed by atoms with Gasteiger partial charge in [0.15, 0.2) is 5.82 Å². The predicted octanol–water partition coefficient (Wildman–Crippen LogP) is 6.35. The van der Waals surface area contributed by atoms with E-state index in [1.165, 1.54) is 0 Å². The summed E-state index contributed by atoms with van der Waals surface area (Å²) in [6.07, 6.45) is 3.98. The molecule has 3 heterocycles. The second kappa shape index (κ2) is 9.67. The quantitative estimate of drug-likeness (QED) is 0.302. The van der Waals surface area contributed by atoms with Gasteiger partial charge in [-0.05, 0) is 60.7 Å². The van der Waals surface area contributed by atoms with Gasteiger partial charge in [-0.2, -0.15) is 0 Å². The van der Waals surface area contributed by atoms with Crippen molar-refractivity contribution in [2.24, 2.45) is 0 Å². The number of aromatic amines is 1. The van der Waals surface area contributed by atoms with Crippen molar-refractivity contribution >= 4 is 11.1 Å². The fourth-order valence-electron chi connectivity index (χ4n) is 5.15. The fourth-order valence-corrected chi connectivity index (χ4v) is 5.15. The molecule has 0 saturated carbocycles. The molecule has 0 amide bonds. The Morgan fingerprint density at radius 3 is 2.68 bits per heavy atom. The van der Waals surface area contributed by atoms with Gasteiger partial charge in [-0.1, -0.05) is 60.6 Å². The number of imidazole rings is 1. The maximum atomic E-state index is 11.8. The molecule has 7 heteroatoms. The van der Waals surface area contributed by atoms with Crippen molar-refractivity contribution in [3.05, 3.63) is 117 Å². The van der Waals surface area contributed by atoms with Gasteiger partial charge in [-0.25, -0.2) is 9.78 Å². The third-order valence-corrected chi connectivity index (χ3v) is 7.00. The Bertz CT molecular complexity index is 1720. The van der Waals surface area contributed by atoms with E-state index in [0.29, 0.717) is 12.4 Å². The molecule has 2 aromatic heterocycles. The summed E-state index contributed by atoms with van der Waals surface area (Å²) in [4.78, 5) is 19.4. The number of hydrogen-bond acceptors (Lipinski definition) is 5. The topological polar surface area (TPSA) is 85.9 Å². The number of fused-ring (bicyclic) bond motifs is 2. The average molecular weight is 505 g/mol. The Hall–Kier alpha value is -4.65. The first-order chi connectivity index (χ1) is 18.5. The maximum Gasteiger partial charge on any atom is 0.439 e. The van der Waals surface area contributed by atoms with Crippen molar-refractivity contribution in [1.29, 1.82) is 0 Å². The summed E-state index contributed by atoms with van der Waals surface area (Å²) >= 11 is 0. The lowest BCUT2D eigenvalue weighted by Crippen LogP contribution is -2.04. The molecule has 0 aliphatic carbocycles. The summed E-state index contributed by atoms with van der Waals surface area (Å²) in [5.41, 5.74) is 8.98. The first-order valence-electron chi connectivity index (χ1n) is 12.8. The molecule has 6 rings (SSSR count). The van der Waals surface area contributed by atoms with Gasteiger partial charge in [0.2, 0.25) is 0 Å². The zero-order valence-corrected chi connectivity index (χ0v) is 21.6. The van der Waals surface area contributed by atoms with Gasteiger partial charge in [-0.15, -0.1) is 0 Å². The molecule has 0 spiro atoms. The van der Waals surface area contributed by atoms with Crippen LogP contribution in [0, 0.1) is 6.92 Å². The standard InChI is InChI=1S/C31H28N4O3/c1-4-9-27-32-25(21-11-6-5-7-12-21)17-35(27)23-14-15-24-22(16-23)18-37-26-13-8-10-19(2)28(26)29(24)20(3)30-33-31(36)38-34-30/h5-8,10-17H,4,9,18H2,1-3H3,(H,33,34,36)/b29-20+. The van der Waals surface area contributed by atoms with Crippen LogP contribution >= 0.6 is 0 Å². The molecular formula is C31H28N4O3. The van der Waals surface area contributed by atoms with E-state index in [1.807, 2.05) is 37.3 Å². The number of hydrogen-bond donors (Lipinski definition) is 1. The van der Waals surface area contributed by atoms with Crippen LogP contribution in [0.1, 0.15) is 54.2 Å². The van der Waals surface area contributed by atoms with E-state index in [4.69, 9.17) is 14.2 Å². The molecule has 5 aromatic rings. The molecule has 0 unspecified atom stereocenters. The first kappa shape index (κ1) is 23.7. The van der Waals surface area contributed by atoms with Crippen LogP contribution in [-0.2, 0) is 13.0 Å². The minimum atomic E-state index is -0.580. The first-order valence-corrected chi connectivity index (χ1v) is 12.8. The van der Waals surface area contributed by atoms with Crippen molar-refractivity contribution in [2.45, 2.75) is 40.2 Å². The van der Waals surface area contributed by atoms with Crippen LogP contribution in [0.4, 0.5) is 0 Å². The molecule has 0 radical (unpaired) electrons. The number of nitrogens with zero attached hydrogens (tertiary/aromatic N) is 3. The highest BCUT2D eigenvalue weighted by atomic mass is 16.5. The van der Waals surface area contributed by atoms with Gasteiger partial charge in [0.1, 0.15) is 18.2 Å². The zero-order valence-electron chi connectivity index (χ0n) is 21.6. The van der Waals surface area contributed by atoms with Crippen LogP contribution < -0.4 is 10.5 Å². The molecule has 190 valence electrons. The van der Waals surface area contributed by atoms with Crippen molar-refractivity contribution in [1.82, 2.24) is 19.7 Å². The second-order valence-corrected chi connectivity index (χ2v) is 9.55. The van der Waals surface area contributed by atoms with Gasteiger partial charge in [-0.3, -0.25) is 9.51 Å². The van der Waals surface area contributed by atoms with Gasteiger partial charge >= 0.3 is 5.76 Å². The number of allylic oxidation sites excluding steroid dienone is 1. The third-order valence-electron chi connectivity index (χ3n) is 7.00. The van der Waals surface area contributed by atoms with E-state index < -0.39 is 5.76 Å². The Balaban J connectivity index is 1.53. The minimum absolute atomic E-state index is 0.406. The minimum Gasteiger partial charge on any atom is -0.488 e. The van der Waals surface area contributed by atoms with Crippen LogP contribution in [0.15, 0.2) is 82.2 Å². The molecule has 1 N–H and O–H groups in total. The molecule has 0 fully saturated rings. The molecule has 0 saturated heterocycles. The normalized spacial score (nSPS) is 13.9. The third kappa shape index (κ3) is 4.16. The summed E-state index contributed by atoms with van der Waals surface area (Å²) in [6, 6.07) is 22.7. The highest BCUT2D eigenvalue weighted by molar-refractivity contribution is 6.00. The average Bonchev–Trinajstić information content (AvgIpc) is 3.52. The van der Waals surface area contributed by atoms with E-state index in [1.54, 1.807) is 0 Å². The molecular weight excluding hydrogens is 476 g/mol. The Morgan fingerprint density at radius 2 is 1.92 bits per heavy atom. The van der Waals surface area contributed by atoms with Gasteiger partial charge < -0.3 is 9.30 Å². The summed E-state index contributed by atoms with van der Waals surface area (Å²) in [5.74, 6) is 1.64. The molecule has 0 bridgehead atoms. The maximum absolute atomic E-state index is 11.8.